The van der Waals surface area contributed by atoms with E-state index in [0.29, 0.717) is 17.9 Å². The second kappa shape index (κ2) is 4.88. The summed E-state index contributed by atoms with van der Waals surface area (Å²) >= 11 is 0. The molecule has 4 heteroatoms. The average Bonchev–Trinajstić information content (AvgIpc) is 2.71. The lowest BCUT2D eigenvalue weighted by Crippen LogP contribution is -2.18. The van der Waals surface area contributed by atoms with Gasteiger partial charge in [0.25, 0.3) is 0 Å². The molecule has 2 atom stereocenters. The summed E-state index contributed by atoms with van der Waals surface area (Å²) in [5.41, 5.74) is -0.515. The van der Waals surface area contributed by atoms with Gasteiger partial charge in [0, 0.05) is 0 Å². The normalized spacial score (nSPS) is 27.2. The summed E-state index contributed by atoms with van der Waals surface area (Å²) in [4.78, 5) is 0. The molecular formula is C15H16F3N. The van der Waals surface area contributed by atoms with Crippen LogP contribution < -0.4 is 0 Å². The maximum Gasteiger partial charge on any atom is 0.416 e. The molecule has 1 saturated carbocycles. The van der Waals surface area contributed by atoms with E-state index in [2.05, 4.69) is 13.0 Å². The fourth-order valence-corrected chi connectivity index (χ4v) is 2.94. The Morgan fingerprint density at radius 1 is 1.42 bits per heavy atom. The second-order valence-electron chi connectivity index (χ2n) is 5.62. The summed E-state index contributed by atoms with van der Waals surface area (Å²) < 4.78 is 38.0. The lowest BCUT2D eigenvalue weighted by molar-refractivity contribution is -0.137. The zero-order valence-electron chi connectivity index (χ0n) is 10.8. The van der Waals surface area contributed by atoms with Gasteiger partial charge in [0.2, 0.25) is 0 Å². The van der Waals surface area contributed by atoms with Crippen LogP contribution in [0.1, 0.15) is 37.3 Å². The van der Waals surface area contributed by atoms with Crippen LogP contribution in [-0.2, 0) is 12.6 Å². The second-order valence-corrected chi connectivity index (χ2v) is 5.62. The Morgan fingerprint density at radius 3 is 2.68 bits per heavy atom. The van der Waals surface area contributed by atoms with Gasteiger partial charge in [-0.15, -0.1) is 0 Å². The Bertz CT molecular complexity index is 501. The van der Waals surface area contributed by atoms with Crippen LogP contribution in [-0.4, -0.2) is 0 Å². The highest BCUT2D eigenvalue weighted by atomic mass is 19.4. The van der Waals surface area contributed by atoms with E-state index in [4.69, 9.17) is 0 Å². The Balaban J connectivity index is 2.22. The molecule has 0 heterocycles. The Labute approximate surface area is 111 Å². The molecule has 0 aromatic heterocycles. The topological polar surface area (TPSA) is 23.8 Å². The lowest BCUT2D eigenvalue weighted by Gasteiger charge is -2.21. The Kier molecular flexibility index (Phi) is 3.58. The predicted molar refractivity (Wildman–Crippen MR) is 66.2 cm³/mol. The standard InChI is InChI=1S/C15H16F3N/c1-11-5-6-14(8-11,10-19)9-12-3-2-4-13(7-12)15(16,17)18/h2-4,7,11H,5-6,8-9H2,1H3. The van der Waals surface area contributed by atoms with Gasteiger partial charge in [-0.05, 0) is 43.2 Å². The predicted octanol–water partition coefficient (Wildman–Crippen LogP) is 4.58. The largest absolute Gasteiger partial charge is 0.416 e. The summed E-state index contributed by atoms with van der Waals surface area (Å²) in [6.07, 6.45) is -1.37. The molecule has 2 rings (SSSR count). The highest BCUT2D eigenvalue weighted by molar-refractivity contribution is 5.28. The summed E-state index contributed by atoms with van der Waals surface area (Å²) in [5, 5.41) is 9.35. The van der Waals surface area contributed by atoms with Crippen LogP contribution in [0.25, 0.3) is 0 Å². The number of benzene rings is 1. The van der Waals surface area contributed by atoms with Crippen molar-refractivity contribution in [2.45, 2.75) is 38.8 Å². The van der Waals surface area contributed by atoms with Crippen molar-refractivity contribution in [3.05, 3.63) is 35.4 Å². The first-order valence-corrected chi connectivity index (χ1v) is 6.42. The molecule has 1 fully saturated rings. The fourth-order valence-electron chi connectivity index (χ4n) is 2.94. The number of nitrogens with zero attached hydrogens (tertiary/aromatic N) is 1. The number of halogens is 3. The SMILES string of the molecule is CC1CCC(C#N)(Cc2cccc(C(F)(F)F)c2)C1. The summed E-state index contributed by atoms with van der Waals surface area (Å²) in [6.45, 7) is 2.09. The molecule has 0 amide bonds. The third kappa shape index (κ3) is 3.09. The van der Waals surface area contributed by atoms with E-state index in [-0.39, 0.29) is 0 Å². The van der Waals surface area contributed by atoms with Gasteiger partial charge < -0.3 is 0 Å². The molecule has 1 aliphatic carbocycles. The van der Waals surface area contributed by atoms with Crippen LogP contribution in [0.3, 0.4) is 0 Å². The van der Waals surface area contributed by atoms with Crippen molar-refractivity contribution >= 4 is 0 Å². The van der Waals surface area contributed by atoms with Crippen LogP contribution in [0.4, 0.5) is 13.2 Å². The van der Waals surface area contributed by atoms with Gasteiger partial charge in [-0.3, -0.25) is 0 Å². The molecule has 1 aromatic carbocycles. The lowest BCUT2D eigenvalue weighted by atomic mass is 9.80. The van der Waals surface area contributed by atoms with Crippen molar-refractivity contribution in [3.63, 3.8) is 0 Å². The molecule has 0 aliphatic heterocycles. The van der Waals surface area contributed by atoms with Gasteiger partial charge in [0.15, 0.2) is 0 Å². The van der Waals surface area contributed by atoms with Crippen LogP contribution in [0.5, 0.6) is 0 Å². The van der Waals surface area contributed by atoms with Crippen LogP contribution in [0, 0.1) is 22.7 Å². The number of hydrogen-bond acceptors (Lipinski definition) is 1. The van der Waals surface area contributed by atoms with Crippen molar-refractivity contribution < 1.29 is 13.2 Å². The first-order chi connectivity index (χ1) is 8.85. The van der Waals surface area contributed by atoms with Gasteiger partial charge in [-0.1, -0.05) is 25.1 Å². The van der Waals surface area contributed by atoms with Crippen molar-refractivity contribution in [3.8, 4) is 6.07 Å². The van der Waals surface area contributed by atoms with Crippen molar-refractivity contribution in [2.75, 3.05) is 0 Å². The fraction of sp³-hybridized carbons (Fsp3) is 0.533. The Morgan fingerprint density at radius 2 is 2.16 bits per heavy atom. The molecule has 1 nitrogen and oxygen atoms in total. The van der Waals surface area contributed by atoms with Crippen LogP contribution >= 0.6 is 0 Å². The van der Waals surface area contributed by atoms with Gasteiger partial charge >= 0.3 is 6.18 Å². The van der Waals surface area contributed by atoms with Crippen molar-refractivity contribution in [1.29, 1.82) is 5.26 Å². The van der Waals surface area contributed by atoms with E-state index in [1.807, 2.05) is 0 Å². The minimum Gasteiger partial charge on any atom is -0.198 e. The minimum atomic E-state index is -4.32. The minimum absolute atomic E-state index is 0.414. The quantitative estimate of drug-likeness (QED) is 0.769. The molecule has 1 aliphatic rings. The molecule has 0 bridgehead atoms. The van der Waals surface area contributed by atoms with E-state index in [1.165, 1.54) is 12.1 Å². The van der Waals surface area contributed by atoms with Gasteiger partial charge in [0.1, 0.15) is 0 Å². The first-order valence-electron chi connectivity index (χ1n) is 6.42. The summed E-state index contributed by atoms with van der Waals surface area (Å²) in [7, 11) is 0. The highest BCUT2D eigenvalue weighted by Crippen LogP contribution is 2.44. The van der Waals surface area contributed by atoms with Crippen molar-refractivity contribution in [2.24, 2.45) is 11.3 Å². The molecular weight excluding hydrogens is 251 g/mol. The van der Waals surface area contributed by atoms with E-state index in [0.717, 1.165) is 25.3 Å². The van der Waals surface area contributed by atoms with E-state index in [9.17, 15) is 18.4 Å². The molecule has 0 N–H and O–H groups in total. The van der Waals surface area contributed by atoms with E-state index >= 15 is 0 Å². The van der Waals surface area contributed by atoms with E-state index < -0.39 is 17.2 Å². The number of alkyl halides is 3. The molecule has 0 radical (unpaired) electrons. The number of nitriles is 1. The number of hydrogen-bond donors (Lipinski definition) is 0. The van der Waals surface area contributed by atoms with Crippen LogP contribution in [0.15, 0.2) is 24.3 Å². The third-order valence-electron chi connectivity index (χ3n) is 3.89. The summed E-state index contributed by atoms with van der Waals surface area (Å²) in [5.74, 6) is 0.477. The van der Waals surface area contributed by atoms with E-state index in [1.54, 1.807) is 6.07 Å². The van der Waals surface area contributed by atoms with Gasteiger partial charge in [-0.2, -0.15) is 18.4 Å². The molecule has 0 spiro atoms. The number of rotatable bonds is 2. The third-order valence-corrected chi connectivity index (χ3v) is 3.89. The zero-order chi connectivity index (χ0) is 14.1. The van der Waals surface area contributed by atoms with Crippen LogP contribution in [0.2, 0.25) is 0 Å². The zero-order valence-corrected chi connectivity index (χ0v) is 10.8. The molecule has 19 heavy (non-hydrogen) atoms. The molecule has 1 aromatic rings. The first kappa shape index (κ1) is 13.9. The molecule has 2 unspecified atom stereocenters. The highest BCUT2D eigenvalue weighted by Gasteiger charge is 2.38. The smallest absolute Gasteiger partial charge is 0.198 e. The maximum atomic E-state index is 12.7. The van der Waals surface area contributed by atoms with Gasteiger partial charge in [0.05, 0.1) is 17.0 Å². The van der Waals surface area contributed by atoms with Gasteiger partial charge in [-0.25, -0.2) is 0 Å². The average molecular weight is 267 g/mol. The molecule has 0 saturated heterocycles. The van der Waals surface area contributed by atoms with Crippen molar-refractivity contribution in [1.82, 2.24) is 0 Å². The Hall–Kier alpha value is -1.50. The summed E-state index contributed by atoms with van der Waals surface area (Å²) in [6, 6.07) is 7.67. The maximum absolute atomic E-state index is 12.7. The monoisotopic (exact) mass is 267 g/mol. The molecule has 102 valence electrons.